The molecule has 0 saturated heterocycles. The Morgan fingerprint density at radius 2 is 1.92 bits per heavy atom. The van der Waals surface area contributed by atoms with Gasteiger partial charge in [0.15, 0.2) is 4.90 Å². The summed E-state index contributed by atoms with van der Waals surface area (Å²) in [7, 11) is -4.18. The summed E-state index contributed by atoms with van der Waals surface area (Å²) >= 11 is 3.51. The van der Waals surface area contributed by atoms with E-state index in [2.05, 4.69) is 15.9 Å². The average molecular weight is 412 g/mol. The van der Waals surface area contributed by atoms with E-state index in [4.69, 9.17) is 5.14 Å². The van der Waals surface area contributed by atoms with Gasteiger partial charge in [-0.05, 0) is 35.7 Å². The van der Waals surface area contributed by atoms with Gasteiger partial charge in [0.05, 0.1) is 4.92 Å². The van der Waals surface area contributed by atoms with E-state index in [9.17, 15) is 18.5 Å². The third-order valence-electron chi connectivity index (χ3n) is 4.02. The molecule has 0 saturated carbocycles. The molecule has 0 aromatic heterocycles. The molecule has 1 heterocycles. The minimum Gasteiger partial charge on any atom is -0.361 e. The molecular formula is C15H14BrN3O4S. The second kappa shape index (κ2) is 6.15. The number of fused-ring (bicyclic) bond motifs is 1. The zero-order chi connectivity index (χ0) is 17.5. The first-order valence-electron chi connectivity index (χ1n) is 7.10. The SMILES string of the molecule is NS(=O)(=O)c1cccc(N2CCc3c(Br)cccc3C2)c1[N+](=O)[O-]. The number of nitro benzene ring substituents is 1. The lowest BCUT2D eigenvalue weighted by molar-refractivity contribution is -0.387. The lowest BCUT2D eigenvalue weighted by atomic mass is 9.99. The molecule has 0 atom stereocenters. The van der Waals surface area contributed by atoms with E-state index in [0.29, 0.717) is 19.5 Å². The minimum atomic E-state index is -4.18. The summed E-state index contributed by atoms with van der Waals surface area (Å²) < 4.78 is 24.4. The maximum Gasteiger partial charge on any atom is 0.312 e. The van der Waals surface area contributed by atoms with Gasteiger partial charge in [-0.1, -0.05) is 34.1 Å². The van der Waals surface area contributed by atoms with Crippen molar-refractivity contribution in [3.63, 3.8) is 0 Å². The lowest BCUT2D eigenvalue weighted by Crippen LogP contribution is -2.31. The van der Waals surface area contributed by atoms with E-state index < -0.39 is 25.5 Å². The predicted octanol–water partition coefficient (Wildman–Crippen LogP) is 2.57. The van der Waals surface area contributed by atoms with Crippen molar-refractivity contribution in [1.82, 2.24) is 0 Å². The van der Waals surface area contributed by atoms with Crippen molar-refractivity contribution < 1.29 is 13.3 Å². The smallest absolute Gasteiger partial charge is 0.312 e. The molecule has 3 rings (SSSR count). The van der Waals surface area contributed by atoms with Crippen molar-refractivity contribution in [2.75, 3.05) is 11.4 Å². The topological polar surface area (TPSA) is 107 Å². The normalized spacial score (nSPS) is 14.3. The van der Waals surface area contributed by atoms with E-state index in [1.165, 1.54) is 11.6 Å². The molecule has 0 aliphatic carbocycles. The van der Waals surface area contributed by atoms with Gasteiger partial charge >= 0.3 is 5.69 Å². The molecule has 2 aromatic rings. The largest absolute Gasteiger partial charge is 0.361 e. The Morgan fingerprint density at radius 3 is 2.58 bits per heavy atom. The molecule has 9 heteroatoms. The Bertz CT molecular complexity index is 930. The Hall–Kier alpha value is -1.97. The van der Waals surface area contributed by atoms with Crippen LogP contribution >= 0.6 is 15.9 Å². The highest BCUT2D eigenvalue weighted by molar-refractivity contribution is 9.10. The van der Waals surface area contributed by atoms with E-state index in [0.717, 1.165) is 16.1 Å². The number of sulfonamides is 1. The Balaban J connectivity index is 2.10. The van der Waals surface area contributed by atoms with Gasteiger partial charge in [0.25, 0.3) is 0 Å². The molecule has 0 fully saturated rings. The molecule has 2 aromatic carbocycles. The summed E-state index contributed by atoms with van der Waals surface area (Å²) in [6, 6.07) is 10.0. The summed E-state index contributed by atoms with van der Waals surface area (Å²) in [5.41, 5.74) is 2.00. The number of anilines is 1. The van der Waals surface area contributed by atoms with Crippen LogP contribution in [0.1, 0.15) is 11.1 Å². The molecule has 0 radical (unpaired) electrons. The van der Waals surface area contributed by atoms with Crippen LogP contribution in [0.4, 0.5) is 11.4 Å². The molecule has 7 nitrogen and oxygen atoms in total. The molecule has 0 bridgehead atoms. The maximum atomic E-state index is 11.7. The van der Waals surface area contributed by atoms with Gasteiger partial charge in [-0.3, -0.25) is 10.1 Å². The number of primary sulfonamides is 1. The number of rotatable bonds is 3. The summed E-state index contributed by atoms with van der Waals surface area (Å²) in [5, 5.41) is 16.6. The fraction of sp³-hybridized carbons (Fsp3) is 0.200. The lowest BCUT2D eigenvalue weighted by Gasteiger charge is -2.31. The third kappa shape index (κ3) is 3.02. The van der Waals surface area contributed by atoms with Crippen molar-refractivity contribution in [3.05, 3.63) is 62.1 Å². The van der Waals surface area contributed by atoms with Gasteiger partial charge in [0.2, 0.25) is 10.0 Å². The second-order valence-electron chi connectivity index (χ2n) is 5.48. The van der Waals surface area contributed by atoms with Crippen molar-refractivity contribution in [1.29, 1.82) is 0 Å². The highest BCUT2D eigenvalue weighted by Gasteiger charge is 2.30. The van der Waals surface area contributed by atoms with Crippen LogP contribution in [-0.4, -0.2) is 19.9 Å². The summed E-state index contributed by atoms with van der Waals surface area (Å²) in [4.78, 5) is 12.1. The number of para-hydroxylation sites is 1. The number of benzene rings is 2. The number of nitro groups is 1. The summed E-state index contributed by atoms with van der Waals surface area (Å²) in [6.07, 6.45) is 0.702. The van der Waals surface area contributed by atoms with Gasteiger partial charge in [-0.25, -0.2) is 13.6 Å². The molecular weight excluding hydrogens is 398 g/mol. The summed E-state index contributed by atoms with van der Waals surface area (Å²) in [5.74, 6) is 0. The van der Waals surface area contributed by atoms with Crippen LogP contribution in [0.25, 0.3) is 0 Å². The van der Waals surface area contributed by atoms with Gasteiger partial charge in [-0.2, -0.15) is 0 Å². The highest BCUT2D eigenvalue weighted by Crippen LogP contribution is 2.37. The number of hydrogen-bond acceptors (Lipinski definition) is 5. The Kier molecular flexibility index (Phi) is 4.33. The average Bonchev–Trinajstić information content (AvgIpc) is 2.53. The quantitative estimate of drug-likeness (QED) is 0.616. The van der Waals surface area contributed by atoms with Crippen LogP contribution in [0.15, 0.2) is 45.8 Å². The fourth-order valence-corrected chi connectivity index (χ4v) is 4.27. The zero-order valence-electron chi connectivity index (χ0n) is 12.5. The molecule has 24 heavy (non-hydrogen) atoms. The molecule has 0 amide bonds. The molecule has 126 valence electrons. The predicted molar refractivity (Wildman–Crippen MR) is 93.4 cm³/mol. The number of nitrogens with two attached hydrogens (primary N) is 1. The first kappa shape index (κ1) is 16.9. The number of halogens is 1. The van der Waals surface area contributed by atoms with E-state index in [1.54, 1.807) is 6.07 Å². The molecule has 0 unspecified atom stereocenters. The first-order valence-corrected chi connectivity index (χ1v) is 9.44. The number of hydrogen-bond donors (Lipinski definition) is 1. The summed E-state index contributed by atoms with van der Waals surface area (Å²) in [6.45, 7) is 1.01. The van der Waals surface area contributed by atoms with Crippen LogP contribution in [0.3, 0.4) is 0 Å². The highest BCUT2D eigenvalue weighted by atomic mass is 79.9. The standard InChI is InChI=1S/C15H14BrN3O4S/c16-12-4-1-3-10-9-18(8-7-11(10)12)13-5-2-6-14(24(17,22)23)15(13)19(20)21/h1-6H,7-9H2,(H2,17,22,23). The Morgan fingerprint density at radius 1 is 1.21 bits per heavy atom. The molecule has 1 aliphatic heterocycles. The first-order chi connectivity index (χ1) is 11.3. The van der Waals surface area contributed by atoms with Crippen molar-refractivity contribution in [2.45, 2.75) is 17.9 Å². The van der Waals surface area contributed by atoms with Crippen LogP contribution in [-0.2, 0) is 23.0 Å². The van der Waals surface area contributed by atoms with Crippen LogP contribution < -0.4 is 10.0 Å². The van der Waals surface area contributed by atoms with Crippen LogP contribution in [0.2, 0.25) is 0 Å². The van der Waals surface area contributed by atoms with Gasteiger partial charge in [0, 0.05) is 17.6 Å². The van der Waals surface area contributed by atoms with Gasteiger partial charge in [0.1, 0.15) is 5.69 Å². The van der Waals surface area contributed by atoms with Crippen molar-refractivity contribution in [3.8, 4) is 0 Å². The third-order valence-corrected chi connectivity index (χ3v) is 5.70. The van der Waals surface area contributed by atoms with Gasteiger partial charge in [-0.15, -0.1) is 0 Å². The van der Waals surface area contributed by atoms with Crippen LogP contribution in [0.5, 0.6) is 0 Å². The zero-order valence-corrected chi connectivity index (χ0v) is 14.9. The van der Waals surface area contributed by atoms with Crippen LogP contribution in [0, 0.1) is 10.1 Å². The van der Waals surface area contributed by atoms with E-state index in [1.807, 2.05) is 23.1 Å². The monoisotopic (exact) mass is 411 g/mol. The minimum absolute atomic E-state index is 0.261. The second-order valence-corrected chi connectivity index (χ2v) is 7.86. The Labute approximate surface area is 147 Å². The van der Waals surface area contributed by atoms with E-state index in [-0.39, 0.29) is 5.69 Å². The molecule has 2 N–H and O–H groups in total. The maximum absolute atomic E-state index is 11.7. The van der Waals surface area contributed by atoms with Crippen molar-refractivity contribution in [2.24, 2.45) is 5.14 Å². The van der Waals surface area contributed by atoms with Gasteiger partial charge < -0.3 is 4.90 Å². The van der Waals surface area contributed by atoms with Crippen molar-refractivity contribution >= 4 is 37.3 Å². The molecule has 1 aliphatic rings. The van der Waals surface area contributed by atoms with E-state index >= 15 is 0 Å². The molecule has 0 spiro atoms. The number of nitrogens with zero attached hydrogens (tertiary/aromatic N) is 2. The fourth-order valence-electron chi connectivity index (χ4n) is 2.95.